The van der Waals surface area contributed by atoms with Crippen molar-refractivity contribution in [3.05, 3.63) is 0 Å². The smallest absolute Gasteiger partial charge is 0.136 e. The molecule has 0 aromatic heterocycles. The van der Waals surface area contributed by atoms with Crippen molar-refractivity contribution in [1.82, 2.24) is 5.32 Å². The zero-order chi connectivity index (χ0) is 8.85. The van der Waals surface area contributed by atoms with Crippen LogP contribution in [0.2, 0.25) is 0 Å². The second-order valence-electron chi connectivity index (χ2n) is 3.04. The minimum atomic E-state index is 0.140. The van der Waals surface area contributed by atoms with E-state index in [2.05, 4.69) is 17.9 Å². The summed E-state index contributed by atoms with van der Waals surface area (Å²) in [6.45, 7) is 4.63. The highest BCUT2D eigenvalue weighted by atomic mass is 32.1. The summed E-state index contributed by atoms with van der Waals surface area (Å²) in [5.74, 6) is 0.432. The van der Waals surface area contributed by atoms with E-state index < -0.39 is 0 Å². The van der Waals surface area contributed by atoms with E-state index in [0.29, 0.717) is 12.2 Å². The largest absolute Gasteiger partial charge is 0.319 e. The molecule has 0 aliphatic rings. The molecule has 0 saturated carbocycles. The maximum Gasteiger partial charge on any atom is 0.136 e. The second-order valence-corrected chi connectivity index (χ2v) is 3.77. The van der Waals surface area contributed by atoms with Gasteiger partial charge < -0.3 is 5.32 Å². The maximum absolute atomic E-state index is 11.2. The molecule has 0 bridgehead atoms. The molecule has 11 heavy (non-hydrogen) atoms. The first-order valence-electron chi connectivity index (χ1n) is 3.93. The van der Waals surface area contributed by atoms with Crippen LogP contribution in [0, 0.1) is 5.92 Å². The van der Waals surface area contributed by atoms with Crippen LogP contribution in [0.3, 0.4) is 0 Å². The second kappa shape index (κ2) is 5.61. The van der Waals surface area contributed by atoms with Crippen molar-refractivity contribution in [3.63, 3.8) is 0 Å². The Morgan fingerprint density at radius 3 is 2.45 bits per heavy atom. The minimum Gasteiger partial charge on any atom is -0.319 e. The number of nitrogens with one attached hydrogen (secondary N) is 1. The fraction of sp³-hybridized carbons (Fsp3) is 0.875. The first-order chi connectivity index (χ1) is 5.07. The average Bonchev–Trinajstić information content (AvgIpc) is 1.87. The Morgan fingerprint density at radius 2 is 2.09 bits per heavy atom. The van der Waals surface area contributed by atoms with Gasteiger partial charge in [0.05, 0.1) is 0 Å². The van der Waals surface area contributed by atoms with Gasteiger partial charge in [-0.15, -0.1) is 0 Å². The highest BCUT2D eigenvalue weighted by Gasteiger charge is 2.11. The fourth-order valence-electron chi connectivity index (χ4n) is 0.776. The number of Topliss-reactive ketones (excluding diaryl/α,β-unsaturated/α-hetero) is 1. The molecule has 0 amide bonds. The van der Waals surface area contributed by atoms with Gasteiger partial charge in [-0.3, -0.25) is 4.79 Å². The summed E-state index contributed by atoms with van der Waals surface area (Å²) < 4.78 is 0. The van der Waals surface area contributed by atoms with Gasteiger partial charge in [0.1, 0.15) is 5.78 Å². The molecule has 0 aliphatic carbocycles. The van der Waals surface area contributed by atoms with Crippen LogP contribution in [0.5, 0.6) is 0 Å². The van der Waals surface area contributed by atoms with E-state index in [9.17, 15) is 4.79 Å². The Balaban J connectivity index is 3.57. The Morgan fingerprint density at radius 1 is 1.55 bits per heavy atom. The zero-order valence-corrected chi connectivity index (χ0v) is 8.32. The van der Waals surface area contributed by atoms with Gasteiger partial charge in [-0.05, 0) is 7.05 Å². The molecule has 0 rings (SSSR count). The van der Waals surface area contributed by atoms with Crippen LogP contribution in [0.4, 0.5) is 0 Å². The predicted molar refractivity (Wildman–Crippen MR) is 51.2 cm³/mol. The number of hydrogen-bond acceptors (Lipinski definition) is 3. The number of carbonyl (C=O) groups excluding carboxylic acids is 1. The number of hydrogen-bond donors (Lipinski definition) is 2. The summed E-state index contributed by atoms with van der Waals surface area (Å²) in [5, 5.41) is 3.15. The predicted octanol–water partition coefficient (Wildman–Crippen LogP) is 1.12. The van der Waals surface area contributed by atoms with Gasteiger partial charge in [-0.25, -0.2) is 0 Å². The summed E-state index contributed by atoms with van der Waals surface area (Å²) in [6.07, 6.45) is 0.571. The monoisotopic (exact) mass is 175 g/mol. The minimum absolute atomic E-state index is 0.140. The number of carbonyl (C=O) groups is 1. The summed E-state index contributed by atoms with van der Waals surface area (Å²) in [5.41, 5.74) is 0. The third kappa shape index (κ3) is 5.27. The lowest BCUT2D eigenvalue weighted by atomic mass is 10.0. The molecule has 0 saturated heterocycles. The van der Waals surface area contributed by atoms with Gasteiger partial charge in [-0.2, -0.15) is 12.6 Å². The molecule has 2 nitrogen and oxygen atoms in total. The maximum atomic E-state index is 11.2. The molecular weight excluding hydrogens is 158 g/mol. The van der Waals surface area contributed by atoms with Gasteiger partial charge in [0.15, 0.2) is 0 Å². The summed E-state index contributed by atoms with van der Waals surface area (Å²) >= 11 is 4.26. The van der Waals surface area contributed by atoms with E-state index in [1.54, 1.807) is 0 Å². The molecule has 0 aromatic rings. The van der Waals surface area contributed by atoms with Crippen LogP contribution in [0.15, 0.2) is 0 Å². The van der Waals surface area contributed by atoms with Gasteiger partial charge in [-0.1, -0.05) is 13.8 Å². The molecule has 3 heteroatoms. The van der Waals surface area contributed by atoms with E-state index >= 15 is 0 Å². The summed E-state index contributed by atoms with van der Waals surface area (Å²) in [7, 11) is 1.86. The number of thiol groups is 1. The van der Waals surface area contributed by atoms with Crippen LogP contribution in [-0.4, -0.2) is 24.6 Å². The van der Waals surface area contributed by atoms with Crippen molar-refractivity contribution in [2.24, 2.45) is 5.92 Å². The normalized spacial score (nSPS) is 13.5. The quantitative estimate of drug-likeness (QED) is 0.613. The number of rotatable bonds is 5. The summed E-state index contributed by atoms with van der Waals surface area (Å²) in [6, 6.07) is 0. The molecular formula is C8H17NOS. The lowest BCUT2D eigenvalue weighted by Gasteiger charge is -2.10. The van der Waals surface area contributed by atoms with Gasteiger partial charge in [0.2, 0.25) is 0 Å². The third-order valence-corrected chi connectivity index (χ3v) is 1.89. The van der Waals surface area contributed by atoms with Crippen LogP contribution < -0.4 is 5.32 Å². The van der Waals surface area contributed by atoms with E-state index in [1.807, 2.05) is 20.9 Å². The Bertz CT molecular complexity index is 125. The highest BCUT2D eigenvalue weighted by Crippen LogP contribution is 2.06. The van der Waals surface area contributed by atoms with E-state index in [0.717, 1.165) is 6.54 Å². The molecule has 0 aliphatic heterocycles. The van der Waals surface area contributed by atoms with Crippen molar-refractivity contribution in [2.45, 2.75) is 25.5 Å². The zero-order valence-electron chi connectivity index (χ0n) is 7.42. The van der Waals surface area contributed by atoms with E-state index in [4.69, 9.17) is 0 Å². The first kappa shape index (κ1) is 11.0. The van der Waals surface area contributed by atoms with Gasteiger partial charge >= 0.3 is 0 Å². The van der Waals surface area contributed by atoms with Crippen LogP contribution in [0.25, 0.3) is 0 Å². The van der Waals surface area contributed by atoms with E-state index in [1.165, 1.54) is 0 Å². The Hall–Kier alpha value is -0.0200. The molecule has 0 aromatic carbocycles. The van der Waals surface area contributed by atoms with Gasteiger partial charge in [0.25, 0.3) is 0 Å². The van der Waals surface area contributed by atoms with Crippen LogP contribution in [0.1, 0.15) is 20.3 Å². The Labute approximate surface area is 74.2 Å². The summed E-state index contributed by atoms with van der Waals surface area (Å²) in [4.78, 5) is 11.2. The topological polar surface area (TPSA) is 29.1 Å². The van der Waals surface area contributed by atoms with Crippen LogP contribution >= 0.6 is 12.6 Å². The molecule has 0 spiro atoms. The first-order valence-corrected chi connectivity index (χ1v) is 4.45. The van der Waals surface area contributed by atoms with E-state index in [-0.39, 0.29) is 11.2 Å². The third-order valence-electron chi connectivity index (χ3n) is 1.52. The number of ketones is 1. The SMILES string of the molecule is CNCC(S)CC(=O)C(C)C. The Kier molecular flexibility index (Phi) is 5.60. The van der Waals surface area contributed by atoms with Crippen molar-refractivity contribution < 1.29 is 4.79 Å². The molecule has 0 fully saturated rings. The highest BCUT2D eigenvalue weighted by molar-refractivity contribution is 7.81. The van der Waals surface area contributed by atoms with Crippen molar-refractivity contribution in [3.8, 4) is 0 Å². The molecule has 1 unspecified atom stereocenters. The molecule has 0 radical (unpaired) electrons. The average molecular weight is 175 g/mol. The van der Waals surface area contributed by atoms with Gasteiger partial charge in [0, 0.05) is 24.1 Å². The van der Waals surface area contributed by atoms with Crippen LogP contribution in [-0.2, 0) is 4.79 Å². The molecule has 66 valence electrons. The molecule has 1 N–H and O–H groups in total. The molecule has 0 heterocycles. The van der Waals surface area contributed by atoms with Crippen molar-refractivity contribution in [2.75, 3.05) is 13.6 Å². The van der Waals surface area contributed by atoms with Crippen molar-refractivity contribution in [1.29, 1.82) is 0 Å². The fourth-order valence-corrected chi connectivity index (χ4v) is 1.14. The lowest BCUT2D eigenvalue weighted by Crippen LogP contribution is -2.23. The van der Waals surface area contributed by atoms with Crippen molar-refractivity contribution >= 4 is 18.4 Å². The standard InChI is InChI=1S/C8H17NOS/c1-6(2)8(10)4-7(11)5-9-3/h6-7,9,11H,4-5H2,1-3H3. The molecule has 1 atom stereocenters. The lowest BCUT2D eigenvalue weighted by molar-refractivity contribution is -0.121.